The van der Waals surface area contributed by atoms with Crippen molar-refractivity contribution in [1.82, 2.24) is 14.5 Å². The third-order valence-corrected chi connectivity index (χ3v) is 3.80. The van der Waals surface area contributed by atoms with Crippen molar-refractivity contribution in [1.29, 1.82) is 0 Å². The molecule has 0 aliphatic rings. The molecule has 2 aromatic rings. The van der Waals surface area contributed by atoms with E-state index in [4.69, 9.17) is 10.5 Å². The summed E-state index contributed by atoms with van der Waals surface area (Å²) in [6.07, 6.45) is 0. The lowest BCUT2D eigenvalue weighted by Gasteiger charge is -2.20. The van der Waals surface area contributed by atoms with Gasteiger partial charge in [0, 0.05) is 19.2 Å². The molecule has 0 fully saturated rings. The topological polar surface area (TPSA) is 73.4 Å². The summed E-state index contributed by atoms with van der Waals surface area (Å²) < 4.78 is 7.13. The summed E-state index contributed by atoms with van der Waals surface area (Å²) in [6, 6.07) is 5.40. The molecule has 1 aromatic carbocycles. The molecular weight excluding hydrogens is 280 g/mol. The molecule has 0 aliphatic heterocycles. The molecule has 1 aromatic heterocycles. The Morgan fingerprint density at radius 2 is 2.09 bits per heavy atom. The Balaban J connectivity index is 2.46. The Morgan fingerprint density at radius 1 is 1.41 bits per heavy atom. The highest BCUT2D eigenvalue weighted by molar-refractivity contribution is 5.82. The van der Waals surface area contributed by atoms with E-state index in [1.165, 1.54) is 0 Å². The molecule has 0 saturated heterocycles. The number of methoxy groups -OCH3 is 1. The fraction of sp³-hybridized carbons (Fsp3) is 0.500. The number of carbonyl (C=O) groups is 1. The molecule has 0 spiro atoms. The number of likely N-dealkylation sites (N-methyl/N-ethyl adjacent to an activating group) is 1. The average Bonchev–Trinajstić information content (AvgIpc) is 2.86. The Kier molecular flexibility index (Phi) is 5.03. The van der Waals surface area contributed by atoms with Crippen LogP contribution in [-0.4, -0.2) is 40.6 Å². The minimum atomic E-state index is -0.247. The second kappa shape index (κ2) is 6.79. The lowest BCUT2D eigenvalue weighted by atomic mass is 10.3. The second-order valence-electron chi connectivity index (χ2n) is 5.27. The Hall–Kier alpha value is -2.08. The number of aromatic nitrogens is 2. The summed E-state index contributed by atoms with van der Waals surface area (Å²) in [4.78, 5) is 18.8. The zero-order valence-corrected chi connectivity index (χ0v) is 13.7. The molecule has 0 bridgehead atoms. The maximum atomic E-state index is 12.4. The van der Waals surface area contributed by atoms with Crippen molar-refractivity contribution in [3.63, 3.8) is 0 Å². The number of hydrogen-bond acceptors (Lipinski definition) is 4. The van der Waals surface area contributed by atoms with E-state index in [0.717, 1.165) is 16.8 Å². The highest BCUT2D eigenvalue weighted by atomic mass is 16.5. The third kappa shape index (κ3) is 3.06. The number of rotatable bonds is 6. The number of fused-ring (bicyclic) bond motifs is 1. The minimum Gasteiger partial charge on any atom is -0.497 e. The maximum Gasteiger partial charge on any atom is 0.242 e. The van der Waals surface area contributed by atoms with E-state index in [2.05, 4.69) is 4.98 Å². The molecule has 6 nitrogen and oxygen atoms in total. The standard InChI is InChI=1S/C16H24N4O2/c1-5-19(6-2)15(21)10-20-14-8-7-12(22-4)9-13(14)18-16(20)11(3)17/h7-9,11H,5-6,10,17H2,1-4H3. The van der Waals surface area contributed by atoms with Crippen molar-refractivity contribution in [2.45, 2.75) is 33.4 Å². The molecule has 2 rings (SSSR count). The van der Waals surface area contributed by atoms with Crippen LogP contribution in [0.4, 0.5) is 0 Å². The van der Waals surface area contributed by atoms with Crippen LogP contribution in [0.5, 0.6) is 5.75 Å². The van der Waals surface area contributed by atoms with Crippen molar-refractivity contribution >= 4 is 16.9 Å². The lowest BCUT2D eigenvalue weighted by molar-refractivity contribution is -0.131. The van der Waals surface area contributed by atoms with Crippen LogP contribution in [-0.2, 0) is 11.3 Å². The quantitative estimate of drug-likeness (QED) is 0.885. The predicted octanol–water partition coefficient (Wildman–Crippen LogP) is 1.93. The summed E-state index contributed by atoms with van der Waals surface area (Å²) in [6.45, 7) is 7.47. The number of amides is 1. The van der Waals surface area contributed by atoms with Crippen molar-refractivity contribution in [3.8, 4) is 5.75 Å². The van der Waals surface area contributed by atoms with Gasteiger partial charge in [-0.2, -0.15) is 0 Å². The summed E-state index contributed by atoms with van der Waals surface area (Å²) in [5, 5.41) is 0. The van der Waals surface area contributed by atoms with Gasteiger partial charge in [0.1, 0.15) is 18.1 Å². The molecule has 6 heteroatoms. The van der Waals surface area contributed by atoms with E-state index in [-0.39, 0.29) is 18.5 Å². The number of ether oxygens (including phenoxy) is 1. The van der Waals surface area contributed by atoms with E-state index in [0.29, 0.717) is 18.9 Å². The van der Waals surface area contributed by atoms with Gasteiger partial charge in [-0.05, 0) is 32.9 Å². The smallest absolute Gasteiger partial charge is 0.242 e. The summed E-state index contributed by atoms with van der Waals surface area (Å²) >= 11 is 0. The van der Waals surface area contributed by atoms with Crippen LogP contribution in [0.2, 0.25) is 0 Å². The zero-order valence-electron chi connectivity index (χ0n) is 13.7. The largest absolute Gasteiger partial charge is 0.497 e. The van der Waals surface area contributed by atoms with Crippen LogP contribution in [0.3, 0.4) is 0 Å². The van der Waals surface area contributed by atoms with Gasteiger partial charge in [-0.15, -0.1) is 0 Å². The molecule has 120 valence electrons. The van der Waals surface area contributed by atoms with E-state index < -0.39 is 0 Å². The number of carbonyl (C=O) groups excluding carboxylic acids is 1. The van der Waals surface area contributed by atoms with Gasteiger partial charge in [0.15, 0.2) is 0 Å². The molecular formula is C16H24N4O2. The number of benzene rings is 1. The van der Waals surface area contributed by atoms with E-state index >= 15 is 0 Å². The number of imidazole rings is 1. The molecule has 2 N–H and O–H groups in total. The fourth-order valence-corrected chi connectivity index (χ4v) is 2.58. The van der Waals surface area contributed by atoms with E-state index in [1.54, 1.807) is 12.0 Å². The van der Waals surface area contributed by atoms with Gasteiger partial charge in [-0.25, -0.2) is 4.98 Å². The van der Waals surface area contributed by atoms with Gasteiger partial charge in [-0.3, -0.25) is 4.79 Å². The first-order valence-corrected chi connectivity index (χ1v) is 7.59. The Bertz CT molecular complexity index is 659. The van der Waals surface area contributed by atoms with Crippen LogP contribution >= 0.6 is 0 Å². The van der Waals surface area contributed by atoms with Crippen LogP contribution in [0, 0.1) is 0 Å². The SMILES string of the molecule is CCN(CC)C(=O)Cn1c(C(C)N)nc2cc(OC)ccc21. The second-order valence-corrected chi connectivity index (χ2v) is 5.27. The van der Waals surface area contributed by atoms with Gasteiger partial charge in [0.2, 0.25) is 5.91 Å². The number of nitrogens with two attached hydrogens (primary N) is 1. The van der Waals surface area contributed by atoms with E-state index in [1.807, 2.05) is 43.5 Å². The van der Waals surface area contributed by atoms with Crippen molar-refractivity contribution in [2.24, 2.45) is 5.73 Å². The van der Waals surface area contributed by atoms with Gasteiger partial charge in [-0.1, -0.05) is 0 Å². The van der Waals surface area contributed by atoms with Gasteiger partial charge < -0.3 is 19.9 Å². The van der Waals surface area contributed by atoms with Crippen LogP contribution < -0.4 is 10.5 Å². The Morgan fingerprint density at radius 3 is 2.64 bits per heavy atom. The van der Waals surface area contributed by atoms with Gasteiger partial charge in [0.25, 0.3) is 0 Å². The maximum absolute atomic E-state index is 12.4. The monoisotopic (exact) mass is 304 g/mol. The van der Waals surface area contributed by atoms with E-state index in [9.17, 15) is 4.79 Å². The molecule has 22 heavy (non-hydrogen) atoms. The van der Waals surface area contributed by atoms with Crippen molar-refractivity contribution < 1.29 is 9.53 Å². The van der Waals surface area contributed by atoms with Crippen LogP contribution in [0.25, 0.3) is 11.0 Å². The highest BCUT2D eigenvalue weighted by Gasteiger charge is 2.18. The third-order valence-electron chi connectivity index (χ3n) is 3.80. The molecule has 0 saturated carbocycles. The zero-order chi connectivity index (χ0) is 16.3. The number of nitrogens with zero attached hydrogens (tertiary/aromatic N) is 3. The predicted molar refractivity (Wildman–Crippen MR) is 86.8 cm³/mol. The molecule has 1 atom stereocenters. The van der Waals surface area contributed by atoms with Gasteiger partial charge in [0.05, 0.1) is 24.2 Å². The van der Waals surface area contributed by atoms with Crippen molar-refractivity contribution in [2.75, 3.05) is 20.2 Å². The fourth-order valence-electron chi connectivity index (χ4n) is 2.58. The molecule has 1 amide bonds. The lowest BCUT2D eigenvalue weighted by Crippen LogP contribution is -2.34. The molecule has 0 radical (unpaired) electrons. The normalized spacial score (nSPS) is 12.4. The van der Waals surface area contributed by atoms with Gasteiger partial charge >= 0.3 is 0 Å². The number of hydrogen-bond donors (Lipinski definition) is 1. The Labute approximate surface area is 130 Å². The molecule has 1 unspecified atom stereocenters. The average molecular weight is 304 g/mol. The first-order chi connectivity index (χ1) is 10.5. The summed E-state index contributed by atoms with van der Waals surface area (Å²) in [5.74, 6) is 1.52. The van der Waals surface area contributed by atoms with Crippen LogP contribution in [0.1, 0.15) is 32.6 Å². The first-order valence-electron chi connectivity index (χ1n) is 7.59. The summed E-state index contributed by atoms with van der Waals surface area (Å²) in [7, 11) is 1.62. The van der Waals surface area contributed by atoms with Crippen molar-refractivity contribution in [3.05, 3.63) is 24.0 Å². The van der Waals surface area contributed by atoms with Crippen LogP contribution in [0.15, 0.2) is 18.2 Å². The minimum absolute atomic E-state index is 0.0713. The first kappa shape index (κ1) is 16.3. The summed E-state index contributed by atoms with van der Waals surface area (Å²) in [5.41, 5.74) is 7.71. The molecule has 1 heterocycles. The molecule has 0 aliphatic carbocycles. The highest BCUT2D eigenvalue weighted by Crippen LogP contribution is 2.24.